The molecule has 3 rings (SSSR count). The highest BCUT2D eigenvalue weighted by Gasteiger charge is 2.19. The Morgan fingerprint density at radius 2 is 1.71 bits per heavy atom. The molecule has 31 heavy (non-hydrogen) atoms. The van der Waals surface area contributed by atoms with Gasteiger partial charge in [0.1, 0.15) is 18.0 Å². The van der Waals surface area contributed by atoms with E-state index in [2.05, 4.69) is 36.9 Å². The number of anilines is 2. The molecule has 2 amide bonds. The van der Waals surface area contributed by atoms with Crippen LogP contribution in [0, 0.1) is 13.8 Å². The van der Waals surface area contributed by atoms with Gasteiger partial charge in [0.2, 0.25) is 5.91 Å². The molecule has 0 aliphatic carbocycles. The van der Waals surface area contributed by atoms with Gasteiger partial charge in [-0.05, 0) is 47.5 Å². The first-order valence-electron chi connectivity index (χ1n) is 9.31. The number of benzene rings is 2. The fraction of sp³-hybridized carbons (Fsp3) is 0.238. The molecule has 0 bridgehead atoms. The smallest absolute Gasteiger partial charge is 0.278 e. The number of carbonyl (C=O) groups excluding carboxylic acids is 2. The van der Waals surface area contributed by atoms with Crippen LogP contribution in [0.1, 0.15) is 21.7 Å². The van der Waals surface area contributed by atoms with Crippen LogP contribution in [0.5, 0.6) is 11.5 Å². The number of amides is 2. The molecule has 0 aliphatic heterocycles. The summed E-state index contributed by atoms with van der Waals surface area (Å²) >= 11 is 3.43. The first-order valence-corrected chi connectivity index (χ1v) is 10.1. The molecule has 162 valence electrons. The van der Waals surface area contributed by atoms with E-state index in [1.54, 1.807) is 31.2 Å². The second kappa shape index (κ2) is 9.61. The lowest BCUT2D eigenvalue weighted by Crippen LogP contribution is -2.21. The van der Waals surface area contributed by atoms with Gasteiger partial charge in [-0.3, -0.25) is 9.59 Å². The van der Waals surface area contributed by atoms with Crippen molar-refractivity contribution in [2.45, 2.75) is 20.4 Å². The quantitative estimate of drug-likeness (QED) is 0.527. The van der Waals surface area contributed by atoms with E-state index in [1.807, 2.05) is 19.1 Å². The van der Waals surface area contributed by atoms with Crippen molar-refractivity contribution in [1.82, 2.24) is 15.0 Å². The molecule has 0 radical (unpaired) electrons. The Kier molecular flexibility index (Phi) is 6.91. The SMILES string of the molecule is COc1cc(NC(=O)Cn2nnc(C(=O)Nc3ccc(C)cc3Br)c2C)cc(OC)c1. The van der Waals surface area contributed by atoms with E-state index in [-0.39, 0.29) is 18.1 Å². The van der Waals surface area contributed by atoms with E-state index in [1.165, 1.54) is 18.9 Å². The van der Waals surface area contributed by atoms with Gasteiger partial charge in [-0.2, -0.15) is 0 Å². The van der Waals surface area contributed by atoms with E-state index in [4.69, 9.17) is 9.47 Å². The molecule has 1 heterocycles. The lowest BCUT2D eigenvalue weighted by Gasteiger charge is -2.10. The van der Waals surface area contributed by atoms with Crippen molar-refractivity contribution < 1.29 is 19.1 Å². The molecule has 0 aliphatic rings. The molecule has 0 saturated heterocycles. The summed E-state index contributed by atoms with van der Waals surface area (Å²) in [4.78, 5) is 25.1. The molecular formula is C21H22BrN5O4. The number of hydrogen-bond donors (Lipinski definition) is 2. The maximum absolute atomic E-state index is 12.6. The summed E-state index contributed by atoms with van der Waals surface area (Å²) in [5, 5.41) is 13.4. The maximum atomic E-state index is 12.6. The Morgan fingerprint density at radius 1 is 1.03 bits per heavy atom. The molecule has 0 atom stereocenters. The van der Waals surface area contributed by atoms with Crippen molar-refractivity contribution in [3.8, 4) is 11.5 Å². The molecule has 2 aromatic carbocycles. The highest BCUT2D eigenvalue weighted by Crippen LogP contribution is 2.26. The van der Waals surface area contributed by atoms with Gasteiger partial charge >= 0.3 is 0 Å². The average Bonchev–Trinajstić information content (AvgIpc) is 3.09. The molecule has 9 nitrogen and oxygen atoms in total. The Balaban J connectivity index is 1.70. The predicted octanol–water partition coefficient (Wildman–Crippen LogP) is 3.57. The third kappa shape index (κ3) is 5.40. The first kappa shape index (κ1) is 22.3. The molecule has 0 fully saturated rings. The zero-order chi connectivity index (χ0) is 22.5. The third-order valence-corrected chi connectivity index (χ3v) is 5.16. The number of rotatable bonds is 7. The van der Waals surface area contributed by atoms with Gasteiger partial charge in [0, 0.05) is 28.4 Å². The summed E-state index contributed by atoms with van der Waals surface area (Å²) in [6, 6.07) is 10.6. The molecule has 0 saturated carbocycles. The minimum absolute atomic E-state index is 0.111. The van der Waals surface area contributed by atoms with Crippen molar-refractivity contribution >= 4 is 39.1 Å². The number of aromatic nitrogens is 3. The number of halogens is 1. The van der Waals surface area contributed by atoms with E-state index < -0.39 is 5.91 Å². The fourth-order valence-electron chi connectivity index (χ4n) is 2.84. The third-order valence-electron chi connectivity index (χ3n) is 4.50. The number of carbonyl (C=O) groups is 2. The highest BCUT2D eigenvalue weighted by molar-refractivity contribution is 9.10. The number of aryl methyl sites for hydroxylation is 1. The largest absolute Gasteiger partial charge is 0.497 e. The summed E-state index contributed by atoms with van der Waals surface area (Å²) in [7, 11) is 3.06. The molecule has 2 N–H and O–H groups in total. The van der Waals surface area contributed by atoms with Crippen molar-refractivity contribution in [3.63, 3.8) is 0 Å². The van der Waals surface area contributed by atoms with Gasteiger partial charge in [0.15, 0.2) is 5.69 Å². The number of hydrogen-bond acceptors (Lipinski definition) is 6. The normalized spacial score (nSPS) is 10.5. The average molecular weight is 488 g/mol. The molecule has 10 heteroatoms. The van der Waals surface area contributed by atoms with Gasteiger partial charge in [-0.15, -0.1) is 5.10 Å². The van der Waals surface area contributed by atoms with E-state index in [0.717, 1.165) is 10.0 Å². The van der Waals surface area contributed by atoms with Crippen LogP contribution in [0.3, 0.4) is 0 Å². The van der Waals surface area contributed by atoms with Crippen molar-refractivity contribution in [1.29, 1.82) is 0 Å². The number of methoxy groups -OCH3 is 2. The highest BCUT2D eigenvalue weighted by atomic mass is 79.9. The maximum Gasteiger partial charge on any atom is 0.278 e. The summed E-state index contributed by atoms with van der Waals surface area (Å²) in [5.41, 5.74) is 2.81. The van der Waals surface area contributed by atoms with Crippen LogP contribution in [-0.2, 0) is 11.3 Å². The van der Waals surface area contributed by atoms with E-state index in [0.29, 0.717) is 28.6 Å². The van der Waals surface area contributed by atoms with E-state index >= 15 is 0 Å². The number of nitrogens with one attached hydrogen (secondary N) is 2. The molecule has 1 aromatic heterocycles. The van der Waals surface area contributed by atoms with Crippen LogP contribution < -0.4 is 20.1 Å². The Labute approximate surface area is 187 Å². The molecule has 0 unspecified atom stereocenters. The van der Waals surface area contributed by atoms with E-state index in [9.17, 15) is 9.59 Å². The zero-order valence-electron chi connectivity index (χ0n) is 17.5. The molecule has 3 aromatic rings. The number of ether oxygens (including phenoxy) is 2. The Bertz CT molecular complexity index is 1110. The lowest BCUT2D eigenvalue weighted by atomic mass is 10.2. The monoisotopic (exact) mass is 487 g/mol. The van der Waals surface area contributed by atoms with Gasteiger partial charge in [0.05, 0.1) is 25.6 Å². The predicted molar refractivity (Wildman–Crippen MR) is 120 cm³/mol. The van der Waals surface area contributed by atoms with Crippen LogP contribution in [0.25, 0.3) is 0 Å². The summed E-state index contributed by atoms with van der Waals surface area (Å²) in [5.74, 6) is 0.350. The summed E-state index contributed by atoms with van der Waals surface area (Å²) < 4.78 is 12.5. The van der Waals surface area contributed by atoms with Crippen LogP contribution in [0.15, 0.2) is 40.9 Å². The van der Waals surface area contributed by atoms with Gasteiger partial charge in [0.25, 0.3) is 5.91 Å². The number of nitrogens with zero attached hydrogens (tertiary/aromatic N) is 3. The lowest BCUT2D eigenvalue weighted by molar-refractivity contribution is -0.117. The standard InChI is InChI=1S/C21H22BrN5O4/c1-12-5-6-18(17(22)7-12)24-21(29)20-13(2)27(26-25-20)11-19(28)23-14-8-15(30-3)10-16(9-14)31-4/h5-10H,11H2,1-4H3,(H,23,28)(H,24,29). The minimum Gasteiger partial charge on any atom is -0.497 e. The van der Waals surface area contributed by atoms with Crippen LogP contribution in [0.4, 0.5) is 11.4 Å². The Morgan fingerprint density at radius 3 is 2.32 bits per heavy atom. The second-order valence-electron chi connectivity index (χ2n) is 6.77. The van der Waals surface area contributed by atoms with Gasteiger partial charge in [-0.1, -0.05) is 11.3 Å². The molecular weight excluding hydrogens is 466 g/mol. The minimum atomic E-state index is -0.411. The van der Waals surface area contributed by atoms with Crippen LogP contribution >= 0.6 is 15.9 Å². The topological polar surface area (TPSA) is 107 Å². The van der Waals surface area contributed by atoms with Crippen molar-refractivity contribution in [2.75, 3.05) is 24.9 Å². The second-order valence-corrected chi connectivity index (χ2v) is 7.62. The van der Waals surface area contributed by atoms with Crippen LogP contribution in [-0.4, -0.2) is 41.0 Å². The van der Waals surface area contributed by atoms with Gasteiger partial charge in [-0.25, -0.2) is 4.68 Å². The summed E-state index contributed by atoms with van der Waals surface area (Å²) in [6.07, 6.45) is 0. The Hall–Kier alpha value is -3.40. The zero-order valence-corrected chi connectivity index (χ0v) is 19.1. The first-order chi connectivity index (χ1) is 14.8. The van der Waals surface area contributed by atoms with Crippen LogP contribution in [0.2, 0.25) is 0 Å². The van der Waals surface area contributed by atoms with Crippen molar-refractivity contribution in [3.05, 3.63) is 57.8 Å². The summed E-state index contributed by atoms with van der Waals surface area (Å²) in [6.45, 7) is 3.53. The molecule has 0 spiro atoms. The fourth-order valence-corrected chi connectivity index (χ4v) is 3.43. The van der Waals surface area contributed by atoms with Gasteiger partial charge < -0.3 is 20.1 Å². The van der Waals surface area contributed by atoms with Crippen molar-refractivity contribution in [2.24, 2.45) is 0 Å².